The standard InChI is InChI=1S/C23H29N5O/c1-4-5-6-10-13-21(29-3)18-24-16-19-14-15-28-23(25-17-19)26-22(27(28)2)20-11-8-7-9-12-20/h1,6-14,22,24H,5,15-18H2,2-3H3,(H,25,26)/b10-6-,21-13+. The fourth-order valence-electron chi connectivity index (χ4n) is 3.30. The van der Waals surface area contributed by atoms with E-state index in [2.05, 4.69) is 64.0 Å². The Balaban J connectivity index is 1.52. The lowest BCUT2D eigenvalue weighted by molar-refractivity contribution is 0.0727. The van der Waals surface area contributed by atoms with E-state index >= 15 is 0 Å². The molecule has 2 heterocycles. The van der Waals surface area contributed by atoms with Gasteiger partial charge in [0, 0.05) is 20.0 Å². The molecule has 1 unspecified atom stereocenters. The number of nitrogens with one attached hydrogen (secondary N) is 2. The number of allylic oxidation sites excluding steroid dienone is 3. The molecular weight excluding hydrogens is 362 g/mol. The number of benzene rings is 1. The predicted octanol–water partition coefficient (Wildman–Crippen LogP) is 2.43. The Morgan fingerprint density at radius 3 is 3.00 bits per heavy atom. The summed E-state index contributed by atoms with van der Waals surface area (Å²) in [4.78, 5) is 4.79. The Morgan fingerprint density at radius 1 is 1.41 bits per heavy atom. The molecule has 2 aliphatic heterocycles. The quantitative estimate of drug-likeness (QED) is 0.309. The summed E-state index contributed by atoms with van der Waals surface area (Å²) in [5.74, 6) is 4.37. The molecule has 1 saturated heterocycles. The minimum absolute atomic E-state index is 0.111. The van der Waals surface area contributed by atoms with E-state index in [1.54, 1.807) is 7.11 Å². The van der Waals surface area contributed by atoms with Gasteiger partial charge in [0.15, 0.2) is 0 Å². The van der Waals surface area contributed by atoms with Gasteiger partial charge in [0.05, 0.1) is 26.7 Å². The van der Waals surface area contributed by atoms with E-state index in [-0.39, 0.29) is 6.17 Å². The summed E-state index contributed by atoms with van der Waals surface area (Å²) in [5.41, 5.74) is 2.49. The maximum atomic E-state index is 5.40. The van der Waals surface area contributed by atoms with Crippen molar-refractivity contribution in [2.45, 2.75) is 12.6 Å². The average molecular weight is 392 g/mol. The molecule has 1 fully saturated rings. The van der Waals surface area contributed by atoms with Crippen LogP contribution in [-0.2, 0) is 4.74 Å². The van der Waals surface area contributed by atoms with Crippen LogP contribution >= 0.6 is 0 Å². The molecule has 3 rings (SSSR count). The number of fused-ring (bicyclic) bond motifs is 1. The first-order chi connectivity index (χ1) is 14.2. The van der Waals surface area contributed by atoms with Crippen molar-refractivity contribution in [3.05, 3.63) is 71.5 Å². The highest BCUT2D eigenvalue weighted by atomic mass is 16.5. The topological polar surface area (TPSA) is 52.1 Å². The van der Waals surface area contributed by atoms with Crippen LogP contribution in [0.25, 0.3) is 0 Å². The first-order valence-corrected chi connectivity index (χ1v) is 9.81. The van der Waals surface area contributed by atoms with Gasteiger partial charge in [-0.2, -0.15) is 5.01 Å². The van der Waals surface area contributed by atoms with E-state index in [1.165, 1.54) is 11.1 Å². The zero-order chi connectivity index (χ0) is 20.5. The van der Waals surface area contributed by atoms with Gasteiger partial charge in [-0.25, -0.2) is 4.99 Å². The molecule has 29 heavy (non-hydrogen) atoms. The molecule has 0 radical (unpaired) electrons. The van der Waals surface area contributed by atoms with Crippen LogP contribution in [0.4, 0.5) is 0 Å². The summed E-state index contributed by atoms with van der Waals surface area (Å²) in [6, 6.07) is 10.4. The lowest BCUT2D eigenvalue weighted by Crippen LogP contribution is -2.37. The Labute approximate surface area is 173 Å². The summed E-state index contributed by atoms with van der Waals surface area (Å²) in [7, 11) is 3.77. The fourth-order valence-corrected chi connectivity index (χ4v) is 3.30. The number of hydrazine groups is 1. The van der Waals surface area contributed by atoms with Gasteiger partial charge in [-0.15, -0.1) is 12.3 Å². The molecule has 1 atom stereocenters. The molecule has 0 aromatic heterocycles. The van der Waals surface area contributed by atoms with E-state index in [0.717, 1.165) is 24.8 Å². The molecule has 0 saturated carbocycles. The SMILES string of the molecule is C#CC/C=C\C=C(/CNCC1=CCN2C(=NC1)NC(c1ccccc1)N2C)OC. The minimum Gasteiger partial charge on any atom is -0.500 e. The Bertz CT molecular complexity index is 835. The second kappa shape index (κ2) is 10.5. The van der Waals surface area contributed by atoms with Crippen molar-refractivity contribution in [3.8, 4) is 12.3 Å². The molecule has 6 nitrogen and oxygen atoms in total. The lowest BCUT2D eigenvalue weighted by atomic mass is 10.2. The number of nitrogens with zero attached hydrogens (tertiary/aromatic N) is 3. The van der Waals surface area contributed by atoms with E-state index in [0.29, 0.717) is 19.5 Å². The van der Waals surface area contributed by atoms with Crippen LogP contribution in [0.1, 0.15) is 18.2 Å². The molecule has 1 aromatic carbocycles. The number of ether oxygens (including phenoxy) is 1. The van der Waals surface area contributed by atoms with Gasteiger partial charge < -0.3 is 15.4 Å². The van der Waals surface area contributed by atoms with E-state index in [4.69, 9.17) is 16.2 Å². The van der Waals surface area contributed by atoms with Crippen LogP contribution in [0, 0.1) is 12.3 Å². The molecular formula is C23H29N5O. The third-order valence-electron chi connectivity index (χ3n) is 4.93. The van der Waals surface area contributed by atoms with Gasteiger partial charge in [0.25, 0.3) is 0 Å². The summed E-state index contributed by atoms with van der Waals surface area (Å²) in [6.07, 6.45) is 14.0. The Kier molecular flexibility index (Phi) is 7.51. The molecule has 1 aromatic rings. The van der Waals surface area contributed by atoms with Crippen LogP contribution < -0.4 is 10.6 Å². The molecule has 0 aliphatic carbocycles. The molecule has 0 bridgehead atoms. The van der Waals surface area contributed by atoms with Gasteiger partial charge in [-0.1, -0.05) is 48.6 Å². The zero-order valence-electron chi connectivity index (χ0n) is 17.1. The highest BCUT2D eigenvalue weighted by Crippen LogP contribution is 2.25. The number of rotatable bonds is 8. The molecule has 152 valence electrons. The number of aliphatic imine (C=N–C) groups is 1. The second-order valence-corrected chi connectivity index (χ2v) is 6.89. The van der Waals surface area contributed by atoms with Gasteiger partial charge in [-0.05, 0) is 17.2 Å². The lowest BCUT2D eigenvalue weighted by Gasteiger charge is -2.26. The zero-order valence-corrected chi connectivity index (χ0v) is 17.1. The number of hydrogen-bond acceptors (Lipinski definition) is 6. The first kappa shape index (κ1) is 20.7. The summed E-state index contributed by atoms with van der Waals surface area (Å²) >= 11 is 0. The Morgan fingerprint density at radius 2 is 2.24 bits per heavy atom. The molecule has 6 heteroatoms. The van der Waals surface area contributed by atoms with Crippen LogP contribution in [0.15, 0.2) is 71.0 Å². The summed E-state index contributed by atoms with van der Waals surface area (Å²) in [6.45, 7) is 2.90. The maximum Gasteiger partial charge on any atom is 0.211 e. The smallest absolute Gasteiger partial charge is 0.211 e. The summed E-state index contributed by atoms with van der Waals surface area (Å²) < 4.78 is 5.40. The van der Waals surface area contributed by atoms with Crippen molar-refractivity contribution in [1.29, 1.82) is 0 Å². The first-order valence-electron chi connectivity index (χ1n) is 9.81. The molecule has 0 amide bonds. The van der Waals surface area contributed by atoms with Crippen LogP contribution in [0.3, 0.4) is 0 Å². The number of methoxy groups -OCH3 is 1. The van der Waals surface area contributed by atoms with Crippen molar-refractivity contribution in [1.82, 2.24) is 20.7 Å². The molecule has 0 spiro atoms. The normalized spacial score (nSPS) is 19.8. The van der Waals surface area contributed by atoms with Gasteiger partial charge in [-0.3, -0.25) is 5.01 Å². The molecule has 2 aliphatic rings. The van der Waals surface area contributed by atoms with Crippen molar-refractivity contribution in [2.24, 2.45) is 4.99 Å². The fraction of sp³-hybridized carbons (Fsp3) is 0.348. The minimum atomic E-state index is 0.111. The van der Waals surface area contributed by atoms with E-state index in [1.807, 2.05) is 24.3 Å². The average Bonchev–Trinajstić information content (AvgIpc) is 2.93. The van der Waals surface area contributed by atoms with Crippen molar-refractivity contribution >= 4 is 5.96 Å². The van der Waals surface area contributed by atoms with Gasteiger partial charge >= 0.3 is 0 Å². The third-order valence-corrected chi connectivity index (χ3v) is 4.93. The number of terminal acetylenes is 1. The monoisotopic (exact) mass is 391 g/mol. The second-order valence-electron chi connectivity index (χ2n) is 6.89. The number of hydrogen-bond donors (Lipinski definition) is 2. The van der Waals surface area contributed by atoms with Crippen molar-refractivity contribution < 1.29 is 4.74 Å². The van der Waals surface area contributed by atoms with Crippen LogP contribution in [0.5, 0.6) is 0 Å². The third kappa shape index (κ3) is 5.50. The summed E-state index contributed by atoms with van der Waals surface area (Å²) in [5, 5.41) is 11.3. The van der Waals surface area contributed by atoms with Gasteiger partial charge in [0.2, 0.25) is 5.96 Å². The molecule has 2 N–H and O–H groups in total. The van der Waals surface area contributed by atoms with E-state index < -0.39 is 0 Å². The number of guanidine groups is 1. The van der Waals surface area contributed by atoms with Crippen molar-refractivity contribution in [3.63, 3.8) is 0 Å². The largest absolute Gasteiger partial charge is 0.500 e. The van der Waals surface area contributed by atoms with Crippen LogP contribution in [0.2, 0.25) is 0 Å². The Hall–Kier alpha value is -3.01. The highest BCUT2D eigenvalue weighted by molar-refractivity contribution is 5.82. The maximum absolute atomic E-state index is 5.40. The van der Waals surface area contributed by atoms with E-state index in [9.17, 15) is 0 Å². The van der Waals surface area contributed by atoms with Crippen molar-refractivity contribution in [2.75, 3.05) is 40.3 Å². The van der Waals surface area contributed by atoms with Crippen LogP contribution in [-0.4, -0.2) is 56.3 Å². The highest BCUT2D eigenvalue weighted by Gasteiger charge is 2.33. The van der Waals surface area contributed by atoms with Gasteiger partial charge in [0.1, 0.15) is 11.9 Å². The predicted molar refractivity (Wildman–Crippen MR) is 118 cm³/mol.